The molecule has 1 saturated heterocycles. The summed E-state index contributed by atoms with van der Waals surface area (Å²) in [4.78, 5) is 36.7. The number of rotatable bonds is 9. The number of nitro groups is 1. The van der Waals surface area contributed by atoms with Crippen molar-refractivity contribution in [2.45, 2.75) is 70.7 Å². The number of nitrogens with one attached hydrogen (secondary N) is 2. The lowest BCUT2D eigenvalue weighted by molar-refractivity contribution is -0.384. The Hall–Kier alpha value is -2.85. The van der Waals surface area contributed by atoms with E-state index in [1.54, 1.807) is 6.92 Å². The minimum absolute atomic E-state index is 0.104. The first-order chi connectivity index (χ1) is 17.0. The molecule has 13 nitrogen and oxygen atoms in total. The van der Waals surface area contributed by atoms with E-state index in [0.717, 1.165) is 12.1 Å². The highest BCUT2D eigenvalue weighted by Gasteiger charge is 2.45. The molecule has 0 saturated carbocycles. The van der Waals surface area contributed by atoms with Gasteiger partial charge in [-0.2, -0.15) is 13.1 Å². The number of benzene rings is 1. The number of nitrogens with zero attached hydrogens (tertiary/aromatic N) is 2. The summed E-state index contributed by atoms with van der Waals surface area (Å²) in [6.07, 6.45) is -0.448. The first-order valence-electron chi connectivity index (χ1n) is 11.6. The number of aryl methyl sites for hydroxylation is 1. The average Bonchev–Trinajstić information content (AvgIpc) is 3.16. The van der Waals surface area contributed by atoms with E-state index in [9.17, 15) is 28.1 Å². The highest BCUT2D eigenvalue weighted by atomic mass is 32.2. The van der Waals surface area contributed by atoms with E-state index in [-0.39, 0.29) is 29.4 Å². The first kappa shape index (κ1) is 28.7. The van der Waals surface area contributed by atoms with Crippen molar-refractivity contribution in [3.8, 4) is 5.75 Å². The topological polar surface area (TPSA) is 172 Å². The summed E-state index contributed by atoms with van der Waals surface area (Å²) in [5.74, 6) is -0.104. The summed E-state index contributed by atoms with van der Waals surface area (Å²) in [5, 5.41) is 10.7. The molecule has 3 atom stereocenters. The third kappa shape index (κ3) is 6.92. The van der Waals surface area contributed by atoms with Crippen LogP contribution in [0.5, 0.6) is 5.75 Å². The lowest BCUT2D eigenvalue weighted by atomic mass is 10.2. The van der Waals surface area contributed by atoms with Crippen molar-refractivity contribution < 1.29 is 26.7 Å². The molecule has 15 heteroatoms. The number of H-pyrrole nitrogens is 1. The van der Waals surface area contributed by atoms with Crippen LogP contribution in [-0.4, -0.2) is 50.0 Å². The second-order valence-corrected chi connectivity index (χ2v) is 16.5. The minimum atomic E-state index is -4.31. The van der Waals surface area contributed by atoms with E-state index in [0.29, 0.717) is 5.56 Å². The van der Waals surface area contributed by atoms with Gasteiger partial charge in [0.2, 0.25) is 0 Å². The van der Waals surface area contributed by atoms with E-state index in [1.807, 2.05) is 0 Å². The monoisotopic (exact) mass is 556 g/mol. The maximum atomic E-state index is 12.6. The quantitative estimate of drug-likeness (QED) is 0.267. The van der Waals surface area contributed by atoms with Crippen molar-refractivity contribution in [3.05, 3.63) is 67.0 Å². The van der Waals surface area contributed by atoms with Crippen LogP contribution in [0, 0.1) is 17.0 Å². The molecular formula is C22H32N4O9SSi. The fraction of sp³-hybridized carbons (Fsp3) is 0.545. The van der Waals surface area contributed by atoms with Crippen LogP contribution >= 0.6 is 0 Å². The lowest BCUT2D eigenvalue weighted by Crippen LogP contribution is -2.48. The summed E-state index contributed by atoms with van der Waals surface area (Å²) in [7, 11) is -6.63. The summed E-state index contributed by atoms with van der Waals surface area (Å²) in [5.41, 5.74) is -1.03. The van der Waals surface area contributed by atoms with E-state index in [1.165, 1.54) is 22.9 Å². The molecule has 2 aromatic rings. The normalized spacial score (nSPS) is 20.6. The van der Waals surface area contributed by atoms with Crippen LogP contribution in [0.2, 0.25) is 18.1 Å². The standard InChI is InChI=1S/C22H32N4O9SSi/c1-14-13-25(21(28)24-20(14)27)19-11-17(35-37(5,6)22(2,3)4)18(33-19)12-23-36(31,32)34-16-9-7-15(8-10-16)26(29)30/h7-10,13,17-19,23H,11-12H2,1-6H3,(H,24,27,28)/t17-,18+,19+/m0/s1. The maximum absolute atomic E-state index is 12.6. The van der Waals surface area contributed by atoms with Gasteiger partial charge in [0.05, 0.1) is 17.1 Å². The first-order valence-corrected chi connectivity index (χ1v) is 15.9. The average molecular weight is 557 g/mol. The van der Waals surface area contributed by atoms with Crippen LogP contribution in [0.25, 0.3) is 0 Å². The second-order valence-electron chi connectivity index (χ2n) is 10.4. The van der Waals surface area contributed by atoms with Gasteiger partial charge in [0.15, 0.2) is 8.32 Å². The molecule has 1 aromatic carbocycles. The molecule has 3 rings (SSSR count). The number of aromatic nitrogens is 2. The Balaban J connectivity index is 1.80. The minimum Gasteiger partial charge on any atom is -0.411 e. The van der Waals surface area contributed by atoms with Gasteiger partial charge < -0.3 is 13.3 Å². The number of hydrogen-bond acceptors (Lipinski definition) is 9. The number of ether oxygens (including phenoxy) is 1. The zero-order valence-corrected chi connectivity index (χ0v) is 23.3. The Labute approximate surface area is 215 Å². The van der Waals surface area contributed by atoms with Crippen LogP contribution < -0.4 is 20.2 Å². The molecule has 1 aliphatic heterocycles. The molecular weight excluding hydrogens is 524 g/mol. The number of nitro benzene ring substituents is 1. The molecule has 0 unspecified atom stereocenters. The van der Waals surface area contributed by atoms with Crippen LogP contribution in [0.3, 0.4) is 0 Å². The molecule has 0 amide bonds. The summed E-state index contributed by atoms with van der Waals surface area (Å²) >= 11 is 0. The Morgan fingerprint density at radius 1 is 1.24 bits per heavy atom. The Morgan fingerprint density at radius 2 is 1.86 bits per heavy atom. The molecule has 0 aliphatic carbocycles. The van der Waals surface area contributed by atoms with Crippen molar-refractivity contribution in [2.75, 3.05) is 6.54 Å². The third-order valence-electron chi connectivity index (χ3n) is 6.60. The van der Waals surface area contributed by atoms with Gasteiger partial charge in [-0.3, -0.25) is 24.5 Å². The van der Waals surface area contributed by atoms with E-state index in [2.05, 4.69) is 43.6 Å². The van der Waals surface area contributed by atoms with Crippen LogP contribution in [0.4, 0.5) is 5.69 Å². The van der Waals surface area contributed by atoms with Gasteiger partial charge in [-0.25, -0.2) is 4.79 Å². The van der Waals surface area contributed by atoms with Crippen molar-refractivity contribution >= 4 is 24.3 Å². The zero-order chi connectivity index (χ0) is 27.8. The van der Waals surface area contributed by atoms with Gasteiger partial charge in [0.1, 0.15) is 12.0 Å². The van der Waals surface area contributed by atoms with Crippen LogP contribution in [0.15, 0.2) is 40.1 Å². The van der Waals surface area contributed by atoms with Crippen molar-refractivity contribution in [3.63, 3.8) is 0 Å². The number of non-ortho nitro benzene ring substituents is 1. The predicted molar refractivity (Wildman–Crippen MR) is 137 cm³/mol. The van der Waals surface area contributed by atoms with Gasteiger partial charge in [-0.1, -0.05) is 20.8 Å². The lowest BCUT2D eigenvalue weighted by Gasteiger charge is -2.39. The van der Waals surface area contributed by atoms with Gasteiger partial charge in [0, 0.05) is 36.9 Å². The van der Waals surface area contributed by atoms with Gasteiger partial charge in [-0.05, 0) is 37.2 Å². The van der Waals surface area contributed by atoms with E-state index >= 15 is 0 Å². The van der Waals surface area contributed by atoms with Crippen molar-refractivity contribution in [2.24, 2.45) is 0 Å². The van der Waals surface area contributed by atoms with Crippen molar-refractivity contribution in [1.29, 1.82) is 0 Å². The predicted octanol–water partition coefficient (Wildman–Crippen LogP) is 2.34. The smallest absolute Gasteiger partial charge is 0.382 e. The molecule has 1 aliphatic rings. The van der Waals surface area contributed by atoms with E-state index < -0.39 is 53.2 Å². The van der Waals surface area contributed by atoms with Crippen LogP contribution in [0.1, 0.15) is 39.0 Å². The molecule has 1 fully saturated rings. The highest BCUT2D eigenvalue weighted by Crippen LogP contribution is 2.40. The zero-order valence-electron chi connectivity index (χ0n) is 21.5. The molecule has 1 aromatic heterocycles. The molecule has 0 spiro atoms. The summed E-state index contributed by atoms with van der Waals surface area (Å²) in [6.45, 7) is 11.6. The second kappa shape index (κ2) is 10.5. The van der Waals surface area contributed by atoms with Crippen LogP contribution in [-0.2, 0) is 19.5 Å². The molecule has 2 heterocycles. The Morgan fingerprint density at radius 3 is 2.43 bits per heavy atom. The third-order valence-corrected chi connectivity index (χ3v) is 12.0. The van der Waals surface area contributed by atoms with Crippen molar-refractivity contribution in [1.82, 2.24) is 14.3 Å². The molecule has 2 N–H and O–H groups in total. The van der Waals surface area contributed by atoms with Gasteiger partial charge in [-0.15, -0.1) is 0 Å². The maximum Gasteiger partial charge on any atom is 0.382 e. The Bertz CT molecular complexity index is 1360. The fourth-order valence-electron chi connectivity index (χ4n) is 3.50. The Kier molecular flexibility index (Phi) is 8.14. The fourth-order valence-corrected chi connectivity index (χ4v) is 5.65. The summed E-state index contributed by atoms with van der Waals surface area (Å²) < 4.78 is 46.3. The SMILES string of the molecule is Cc1cn([C@H]2C[C@H](O[Si](C)(C)C(C)(C)C)[C@@H](CNS(=O)(=O)Oc3ccc([N+](=O)[O-])cc3)O2)c(=O)[nH]c1=O. The molecule has 0 radical (unpaired) electrons. The number of aromatic amines is 1. The molecule has 204 valence electrons. The van der Waals surface area contributed by atoms with Gasteiger partial charge in [0.25, 0.3) is 11.2 Å². The molecule has 0 bridgehead atoms. The van der Waals surface area contributed by atoms with E-state index in [4.69, 9.17) is 13.3 Å². The molecule has 37 heavy (non-hydrogen) atoms. The largest absolute Gasteiger partial charge is 0.411 e. The van der Waals surface area contributed by atoms with Gasteiger partial charge >= 0.3 is 16.0 Å². The number of hydrogen-bond donors (Lipinski definition) is 2. The summed E-state index contributed by atoms with van der Waals surface area (Å²) in [6, 6.07) is 4.60. The highest BCUT2D eigenvalue weighted by molar-refractivity contribution is 7.85.